The van der Waals surface area contributed by atoms with Gasteiger partial charge in [0.2, 0.25) is 0 Å². The summed E-state index contributed by atoms with van der Waals surface area (Å²) in [5.41, 5.74) is 16.9. The fourth-order valence-electron chi connectivity index (χ4n) is 7.18. The summed E-state index contributed by atoms with van der Waals surface area (Å²) in [5.74, 6) is 0.749. The fourth-order valence-corrected chi connectivity index (χ4v) is 7.18. The van der Waals surface area contributed by atoms with Crippen molar-refractivity contribution in [3.05, 3.63) is 162 Å². The van der Waals surface area contributed by atoms with Crippen molar-refractivity contribution in [2.45, 2.75) is 39.0 Å². The van der Waals surface area contributed by atoms with Crippen molar-refractivity contribution in [2.75, 3.05) is 0 Å². The first-order chi connectivity index (χ1) is 22.5. The van der Waals surface area contributed by atoms with E-state index in [2.05, 4.69) is 142 Å². The Morgan fingerprint density at radius 2 is 1.24 bits per heavy atom. The van der Waals surface area contributed by atoms with E-state index >= 15 is 0 Å². The Balaban J connectivity index is 1.16. The van der Waals surface area contributed by atoms with E-state index in [4.69, 9.17) is 9.97 Å². The Kier molecular flexibility index (Phi) is 6.87. The van der Waals surface area contributed by atoms with E-state index in [1.54, 1.807) is 0 Å². The van der Waals surface area contributed by atoms with Gasteiger partial charge in [0.25, 0.3) is 0 Å². The maximum absolute atomic E-state index is 5.07. The number of benzene rings is 5. The van der Waals surface area contributed by atoms with Crippen LogP contribution in [0.4, 0.5) is 0 Å². The monoisotopic (exact) mass is 592 g/mol. The van der Waals surface area contributed by atoms with Crippen molar-refractivity contribution in [1.82, 2.24) is 9.97 Å². The van der Waals surface area contributed by atoms with E-state index in [0.29, 0.717) is 0 Å². The zero-order chi connectivity index (χ0) is 31.3. The molecule has 8 rings (SSSR count). The molecule has 1 aromatic heterocycles. The molecule has 2 aliphatic carbocycles. The number of nitrogens with zero attached hydrogens (tertiary/aromatic N) is 2. The molecule has 1 heterocycles. The first kappa shape index (κ1) is 28.2. The molecule has 6 aromatic rings. The van der Waals surface area contributed by atoms with E-state index in [1.807, 2.05) is 18.2 Å². The van der Waals surface area contributed by atoms with Crippen molar-refractivity contribution in [3.63, 3.8) is 0 Å². The average Bonchev–Trinajstić information content (AvgIpc) is 3.34. The molecular weight excluding hydrogens is 556 g/mol. The fraction of sp³-hybridized carbons (Fsp3) is 0.136. The molecule has 0 unspecified atom stereocenters. The van der Waals surface area contributed by atoms with Gasteiger partial charge in [-0.15, -0.1) is 0 Å². The molecule has 0 spiro atoms. The number of hydrogen-bond acceptors (Lipinski definition) is 2. The Labute approximate surface area is 271 Å². The standard InChI is InChI=1S/C44H36N2/c1-29-25-32(33-22-24-40-38(27-33)37-19-10-11-20-39(37)44(40,2)3)21-23-36(29)34-17-12-18-35(26-34)42-28-41(30-13-6-4-7-14-30)45-43(46-42)31-15-8-5-9-16-31/h5-6,8-28H,4,7H2,1-3H3. The van der Waals surface area contributed by atoms with Gasteiger partial charge >= 0.3 is 0 Å². The quantitative estimate of drug-likeness (QED) is 0.199. The first-order valence-corrected chi connectivity index (χ1v) is 16.2. The normalized spacial score (nSPS) is 14.5. The summed E-state index contributed by atoms with van der Waals surface area (Å²) in [6.45, 7) is 6.88. The van der Waals surface area contributed by atoms with Crippen molar-refractivity contribution in [1.29, 1.82) is 0 Å². The smallest absolute Gasteiger partial charge is 0.160 e. The molecule has 0 atom stereocenters. The zero-order valence-corrected chi connectivity index (χ0v) is 26.6. The third-order valence-corrected chi connectivity index (χ3v) is 9.66. The molecule has 0 amide bonds. The van der Waals surface area contributed by atoms with Crippen LogP contribution in [0.2, 0.25) is 0 Å². The number of rotatable bonds is 5. The summed E-state index contributed by atoms with van der Waals surface area (Å²) < 4.78 is 0. The molecular formula is C44H36N2. The lowest BCUT2D eigenvalue weighted by atomic mass is 9.82. The highest BCUT2D eigenvalue weighted by molar-refractivity contribution is 5.85. The minimum atomic E-state index is 0.0194. The van der Waals surface area contributed by atoms with Crippen LogP contribution in [-0.2, 0) is 5.41 Å². The van der Waals surface area contributed by atoms with E-state index in [0.717, 1.165) is 46.8 Å². The maximum atomic E-state index is 5.07. The molecule has 0 aliphatic heterocycles. The van der Waals surface area contributed by atoms with Crippen LogP contribution < -0.4 is 0 Å². The number of allylic oxidation sites excluding steroid dienone is 4. The highest BCUT2D eigenvalue weighted by atomic mass is 14.9. The van der Waals surface area contributed by atoms with Gasteiger partial charge in [-0.05, 0) is 93.6 Å². The number of fused-ring (bicyclic) bond motifs is 3. The van der Waals surface area contributed by atoms with E-state index in [-0.39, 0.29) is 5.41 Å². The van der Waals surface area contributed by atoms with Crippen LogP contribution in [0.25, 0.3) is 61.6 Å². The molecule has 0 radical (unpaired) electrons. The lowest BCUT2D eigenvalue weighted by Crippen LogP contribution is -2.14. The molecule has 0 saturated carbocycles. The van der Waals surface area contributed by atoms with Gasteiger partial charge in [0.15, 0.2) is 5.82 Å². The van der Waals surface area contributed by atoms with E-state index in [1.165, 1.54) is 50.1 Å². The van der Waals surface area contributed by atoms with Crippen LogP contribution in [0.1, 0.15) is 49.1 Å². The third kappa shape index (κ3) is 4.91. The maximum Gasteiger partial charge on any atom is 0.160 e. The van der Waals surface area contributed by atoms with Gasteiger partial charge in [0.1, 0.15) is 0 Å². The highest BCUT2D eigenvalue weighted by Crippen LogP contribution is 2.49. The second kappa shape index (κ2) is 11.2. The van der Waals surface area contributed by atoms with Gasteiger partial charge in [-0.25, -0.2) is 9.97 Å². The van der Waals surface area contributed by atoms with Gasteiger partial charge in [-0.2, -0.15) is 0 Å². The highest BCUT2D eigenvalue weighted by Gasteiger charge is 2.35. The third-order valence-electron chi connectivity index (χ3n) is 9.66. The van der Waals surface area contributed by atoms with Gasteiger partial charge in [0, 0.05) is 16.5 Å². The summed E-state index contributed by atoms with van der Waals surface area (Å²) in [7, 11) is 0. The molecule has 2 nitrogen and oxygen atoms in total. The second-order valence-corrected chi connectivity index (χ2v) is 13.0. The first-order valence-electron chi connectivity index (χ1n) is 16.2. The molecule has 46 heavy (non-hydrogen) atoms. The van der Waals surface area contributed by atoms with Crippen LogP contribution >= 0.6 is 0 Å². The predicted octanol–water partition coefficient (Wildman–Crippen LogP) is 11.5. The molecule has 0 fully saturated rings. The zero-order valence-electron chi connectivity index (χ0n) is 26.6. The van der Waals surface area contributed by atoms with Crippen LogP contribution in [0.15, 0.2) is 140 Å². The summed E-state index contributed by atoms with van der Waals surface area (Å²) in [5, 5.41) is 0. The van der Waals surface area contributed by atoms with Gasteiger partial charge in [-0.3, -0.25) is 0 Å². The van der Waals surface area contributed by atoms with Gasteiger partial charge < -0.3 is 0 Å². The Morgan fingerprint density at radius 1 is 0.522 bits per heavy atom. The van der Waals surface area contributed by atoms with E-state index < -0.39 is 0 Å². The Hall–Kier alpha value is -5.34. The predicted molar refractivity (Wildman–Crippen MR) is 192 cm³/mol. The van der Waals surface area contributed by atoms with Crippen molar-refractivity contribution >= 4 is 5.57 Å². The summed E-state index contributed by atoms with van der Waals surface area (Å²) >= 11 is 0. The number of aromatic nitrogens is 2. The summed E-state index contributed by atoms with van der Waals surface area (Å²) in [6, 6.07) is 43.9. The lowest BCUT2D eigenvalue weighted by molar-refractivity contribution is 0.660. The number of hydrogen-bond donors (Lipinski definition) is 0. The van der Waals surface area contributed by atoms with Gasteiger partial charge in [0.05, 0.1) is 11.4 Å². The number of aryl methyl sites for hydroxylation is 1. The van der Waals surface area contributed by atoms with Crippen LogP contribution in [0.5, 0.6) is 0 Å². The van der Waals surface area contributed by atoms with E-state index in [9.17, 15) is 0 Å². The molecule has 0 N–H and O–H groups in total. The van der Waals surface area contributed by atoms with Crippen molar-refractivity contribution < 1.29 is 0 Å². The van der Waals surface area contributed by atoms with Crippen molar-refractivity contribution in [2.24, 2.45) is 0 Å². The Bertz CT molecular complexity index is 2180. The molecule has 2 aliphatic rings. The largest absolute Gasteiger partial charge is 0.228 e. The topological polar surface area (TPSA) is 25.8 Å². The molecule has 5 aromatic carbocycles. The molecule has 0 saturated heterocycles. The Morgan fingerprint density at radius 3 is 2.07 bits per heavy atom. The minimum absolute atomic E-state index is 0.0194. The van der Waals surface area contributed by atoms with Gasteiger partial charge in [-0.1, -0.05) is 135 Å². The summed E-state index contributed by atoms with van der Waals surface area (Å²) in [4.78, 5) is 10.1. The average molecular weight is 593 g/mol. The molecule has 222 valence electrons. The second-order valence-electron chi connectivity index (χ2n) is 13.0. The van der Waals surface area contributed by atoms with Crippen LogP contribution in [0.3, 0.4) is 0 Å². The van der Waals surface area contributed by atoms with Crippen LogP contribution in [0, 0.1) is 6.92 Å². The van der Waals surface area contributed by atoms with Crippen molar-refractivity contribution in [3.8, 4) is 56.0 Å². The SMILES string of the molecule is Cc1cc(-c2ccc3c(c2)-c2ccccc2C3(C)C)ccc1-c1cccc(-c2cc(C3=CCCC=C3)nc(-c3ccccc3)n2)c1. The summed E-state index contributed by atoms with van der Waals surface area (Å²) in [6.07, 6.45) is 8.81. The molecule has 2 heteroatoms. The molecule has 0 bridgehead atoms. The minimum Gasteiger partial charge on any atom is -0.228 e. The van der Waals surface area contributed by atoms with Crippen LogP contribution in [-0.4, -0.2) is 9.97 Å². The lowest BCUT2D eigenvalue weighted by Gasteiger charge is -2.21.